The molecule has 0 saturated heterocycles. The molecule has 0 fully saturated rings. The van der Waals surface area contributed by atoms with E-state index in [1.165, 1.54) is 7.11 Å². The minimum atomic E-state index is -0.548. The molecular weight excluding hydrogens is 270 g/mol. The van der Waals surface area contributed by atoms with E-state index in [9.17, 15) is 4.79 Å². The van der Waals surface area contributed by atoms with Crippen LogP contribution in [0.15, 0.2) is 18.2 Å². The number of hydrogen-bond acceptors (Lipinski definition) is 5. The molecule has 5 heteroatoms. The first-order chi connectivity index (χ1) is 9.91. The molecule has 116 valence electrons. The monoisotopic (exact) mass is 293 g/mol. The van der Waals surface area contributed by atoms with Crippen molar-refractivity contribution < 1.29 is 19.0 Å². The second kappa shape index (κ2) is 6.35. The molecule has 0 spiro atoms. The number of esters is 1. The van der Waals surface area contributed by atoms with Gasteiger partial charge in [-0.15, -0.1) is 0 Å². The Balaban J connectivity index is 2.32. The van der Waals surface area contributed by atoms with Gasteiger partial charge in [-0.3, -0.25) is 4.79 Å². The van der Waals surface area contributed by atoms with Gasteiger partial charge in [0.2, 0.25) is 0 Å². The van der Waals surface area contributed by atoms with Crippen LogP contribution in [0.2, 0.25) is 0 Å². The molecule has 1 unspecified atom stereocenters. The third-order valence-corrected chi connectivity index (χ3v) is 3.67. The number of hydrogen-bond donors (Lipinski definition) is 1. The number of benzene rings is 1. The highest BCUT2D eigenvalue weighted by molar-refractivity contribution is 5.70. The maximum Gasteiger partial charge on any atom is 0.306 e. The van der Waals surface area contributed by atoms with Gasteiger partial charge in [-0.05, 0) is 31.5 Å². The van der Waals surface area contributed by atoms with Gasteiger partial charge in [-0.25, -0.2) is 0 Å². The minimum absolute atomic E-state index is 0.151. The number of ether oxygens (including phenoxy) is 3. The van der Waals surface area contributed by atoms with Crippen LogP contribution in [0.5, 0.6) is 11.5 Å². The van der Waals surface area contributed by atoms with E-state index in [1.54, 1.807) is 0 Å². The Bertz CT molecular complexity index is 507. The van der Waals surface area contributed by atoms with E-state index in [1.807, 2.05) is 32.0 Å². The lowest BCUT2D eigenvalue weighted by molar-refractivity contribution is -0.141. The lowest BCUT2D eigenvalue weighted by Crippen LogP contribution is -2.40. The van der Waals surface area contributed by atoms with E-state index in [4.69, 9.17) is 19.9 Å². The Labute approximate surface area is 125 Å². The first kappa shape index (κ1) is 15.6. The van der Waals surface area contributed by atoms with Gasteiger partial charge in [0.25, 0.3) is 0 Å². The standard InChI is InChI=1S/C16H23NO4/c1-16(2,17)12(10-15(18)19-3)11-5-6-13-14(9-11)21-8-4-7-20-13/h5-6,9,12H,4,7-8,10,17H2,1-3H3. The minimum Gasteiger partial charge on any atom is -0.490 e. The molecule has 1 aliphatic rings. The first-order valence-electron chi connectivity index (χ1n) is 7.17. The van der Waals surface area contributed by atoms with Gasteiger partial charge in [-0.2, -0.15) is 0 Å². The van der Waals surface area contributed by atoms with Crippen LogP contribution in [0.3, 0.4) is 0 Å². The van der Waals surface area contributed by atoms with E-state index in [2.05, 4.69) is 0 Å². The fraction of sp³-hybridized carbons (Fsp3) is 0.562. The van der Waals surface area contributed by atoms with Crippen LogP contribution in [0.1, 0.15) is 38.2 Å². The van der Waals surface area contributed by atoms with Crippen LogP contribution in [-0.4, -0.2) is 31.8 Å². The summed E-state index contributed by atoms with van der Waals surface area (Å²) in [5.74, 6) is 1.03. The maximum absolute atomic E-state index is 11.7. The van der Waals surface area contributed by atoms with E-state index >= 15 is 0 Å². The molecule has 0 amide bonds. The quantitative estimate of drug-likeness (QED) is 0.862. The summed E-state index contributed by atoms with van der Waals surface area (Å²) in [4.78, 5) is 11.7. The Kier molecular flexibility index (Phi) is 4.73. The normalized spacial score (nSPS) is 16.0. The number of carbonyl (C=O) groups is 1. The van der Waals surface area contributed by atoms with Gasteiger partial charge >= 0.3 is 5.97 Å². The van der Waals surface area contributed by atoms with Gasteiger partial charge in [0.15, 0.2) is 11.5 Å². The molecule has 0 aliphatic carbocycles. The van der Waals surface area contributed by atoms with Crippen LogP contribution < -0.4 is 15.2 Å². The zero-order chi connectivity index (χ0) is 15.5. The zero-order valence-electron chi connectivity index (χ0n) is 12.8. The third kappa shape index (κ3) is 3.88. The van der Waals surface area contributed by atoms with Crippen molar-refractivity contribution in [3.63, 3.8) is 0 Å². The predicted octanol–water partition coefficient (Wildman–Crippen LogP) is 2.23. The highest BCUT2D eigenvalue weighted by atomic mass is 16.5. The average molecular weight is 293 g/mol. The Hall–Kier alpha value is -1.75. The molecule has 2 N–H and O–H groups in total. The SMILES string of the molecule is COC(=O)CC(c1ccc2c(c1)OCCCO2)C(C)(C)N. The molecule has 0 radical (unpaired) electrons. The summed E-state index contributed by atoms with van der Waals surface area (Å²) >= 11 is 0. The molecule has 0 saturated carbocycles. The fourth-order valence-electron chi connectivity index (χ4n) is 2.46. The van der Waals surface area contributed by atoms with Crippen LogP contribution >= 0.6 is 0 Å². The van der Waals surface area contributed by atoms with Crippen molar-refractivity contribution in [1.82, 2.24) is 0 Å². The van der Waals surface area contributed by atoms with Crippen molar-refractivity contribution in [2.75, 3.05) is 20.3 Å². The number of fused-ring (bicyclic) bond motifs is 1. The summed E-state index contributed by atoms with van der Waals surface area (Å²) < 4.78 is 16.1. The van der Waals surface area contributed by atoms with Crippen molar-refractivity contribution in [3.05, 3.63) is 23.8 Å². The largest absolute Gasteiger partial charge is 0.490 e. The molecule has 1 atom stereocenters. The Morgan fingerprint density at radius 1 is 1.33 bits per heavy atom. The molecule has 5 nitrogen and oxygen atoms in total. The van der Waals surface area contributed by atoms with Crippen LogP contribution in [-0.2, 0) is 9.53 Å². The molecule has 21 heavy (non-hydrogen) atoms. The van der Waals surface area contributed by atoms with Crippen LogP contribution in [0, 0.1) is 0 Å². The molecule has 1 heterocycles. The highest BCUT2D eigenvalue weighted by Crippen LogP contribution is 2.37. The van der Waals surface area contributed by atoms with E-state index < -0.39 is 5.54 Å². The first-order valence-corrected chi connectivity index (χ1v) is 7.17. The van der Waals surface area contributed by atoms with E-state index in [-0.39, 0.29) is 18.3 Å². The molecule has 2 rings (SSSR count). The van der Waals surface area contributed by atoms with Crippen molar-refractivity contribution in [2.24, 2.45) is 5.73 Å². The number of methoxy groups -OCH3 is 1. The number of rotatable bonds is 4. The third-order valence-electron chi connectivity index (χ3n) is 3.67. The van der Waals surface area contributed by atoms with Gasteiger partial charge in [-0.1, -0.05) is 6.07 Å². The number of carbonyl (C=O) groups excluding carboxylic acids is 1. The van der Waals surface area contributed by atoms with Gasteiger partial charge < -0.3 is 19.9 Å². The summed E-state index contributed by atoms with van der Waals surface area (Å²) in [6.45, 7) is 5.09. The van der Waals surface area contributed by atoms with Crippen molar-refractivity contribution in [3.8, 4) is 11.5 Å². The average Bonchev–Trinajstić information content (AvgIpc) is 2.67. The fourth-order valence-corrected chi connectivity index (χ4v) is 2.46. The van der Waals surface area contributed by atoms with Gasteiger partial charge in [0.1, 0.15) is 0 Å². The van der Waals surface area contributed by atoms with E-state index in [0.717, 1.165) is 17.7 Å². The lowest BCUT2D eigenvalue weighted by atomic mass is 9.80. The zero-order valence-corrected chi connectivity index (χ0v) is 12.8. The Morgan fingerprint density at radius 2 is 2.00 bits per heavy atom. The van der Waals surface area contributed by atoms with Gasteiger partial charge in [0.05, 0.1) is 26.7 Å². The van der Waals surface area contributed by atoms with Crippen molar-refractivity contribution in [1.29, 1.82) is 0 Å². The van der Waals surface area contributed by atoms with Crippen molar-refractivity contribution in [2.45, 2.75) is 38.1 Å². The van der Waals surface area contributed by atoms with E-state index in [0.29, 0.717) is 19.0 Å². The number of nitrogens with two attached hydrogens (primary N) is 1. The Morgan fingerprint density at radius 3 is 2.62 bits per heavy atom. The molecule has 0 aromatic heterocycles. The molecule has 1 aromatic carbocycles. The molecular formula is C16H23NO4. The van der Waals surface area contributed by atoms with Gasteiger partial charge in [0, 0.05) is 17.9 Å². The second-order valence-electron chi connectivity index (χ2n) is 5.91. The molecule has 1 aromatic rings. The molecule has 0 bridgehead atoms. The van der Waals surface area contributed by atoms with Crippen LogP contribution in [0.4, 0.5) is 0 Å². The summed E-state index contributed by atoms with van der Waals surface area (Å²) in [5.41, 5.74) is 6.65. The summed E-state index contributed by atoms with van der Waals surface area (Å²) in [5, 5.41) is 0. The summed E-state index contributed by atoms with van der Waals surface area (Å²) in [7, 11) is 1.39. The van der Waals surface area contributed by atoms with Crippen molar-refractivity contribution >= 4 is 5.97 Å². The summed E-state index contributed by atoms with van der Waals surface area (Å²) in [6.07, 6.45) is 1.09. The molecule has 1 aliphatic heterocycles. The summed E-state index contributed by atoms with van der Waals surface area (Å²) in [6, 6.07) is 5.74. The highest BCUT2D eigenvalue weighted by Gasteiger charge is 2.30. The maximum atomic E-state index is 11.7. The second-order valence-corrected chi connectivity index (χ2v) is 5.91. The topological polar surface area (TPSA) is 70.8 Å². The predicted molar refractivity (Wildman–Crippen MR) is 79.7 cm³/mol. The lowest BCUT2D eigenvalue weighted by Gasteiger charge is -2.30. The smallest absolute Gasteiger partial charge is 0.306 e. The van der Waals surface area contributed by atoms with Crippen LogP contribution in [0.25, 0.3) is 0 Å².